The van der Waals surface area contributed by atoms with E-state index in [4.69, 9.17) is 0 Å². The van der Waals surface area contributed by atoms with Gasteiger partial charge in [-0.1, -0.05) is 57.4 Å². The Bertz CT molecular complexity index is 822. The summed E-state index contributed by atoms with van der Waals surface area (Å²) in [6.45, 7) is 11.6. The van der Waals surface area contributed by atoms with E-state index in [2.05, 4.69) is 52.1 Å². The molecule has 1 aromatic carbocycles. The van der Waals surface area contributed by atoms with Crippen LogP contribution in [-0.2, 0) is 4.79 Å². The monoisotopic (exact) mass is 393 g/mol. The van der Waals surface area contributed by atoms with Crippen LogP contribution in [0.15, 0.2) is 35.4 Å². The molecule has 1 amide bonds. The quantitative estimate of drug-likeness (QED) is 0.537. The van der Waals surface area contributed by atoms with E-state index in [1.807, 2.05) is 12.1 Å². The van der Waals surface area contributed by atoms with Crippen LogP contribution in [0, 0.1) is 35.5 Å². The van der Waals surface area contributed by atoms with E-state index < -0.39 is 0 Å². The molecule has 4 atom stereocenters. The number of carbonyl (C=O) groups is 1. The molecule has 3 aliphatic rings. The summed E-state index contributed by atoms with van der Waals surface area (Å²) in [5.74, 6) is 2.33. The van der Waals surface area contributed by atoms with Gasteiger partial charge >= 0.3 is 0 Å². The van der Waals surface area contributed by atoms with Gasteiger partial charge in [-0.15, -0.1) is 0 Å². The lowest BCUT2D eigenvalue weighted by Crippen LogP contribution is -2.52. The standard InChI is InChI=1S/C27H39NO/c1-18(2)20-10-12-23-21(17-20)11-13-24-26(23,4)14-7-15-27(24,5)25(29)28-22-9-6-8-19(3)16-22/h6,8-9,16,18,20,24H,7,10-15,17H2,1-5H3,(H,28,29)/t20?,24?,26?,27-/m1/s1. The van der Waals surface area contributed by atoms with Crippen LogP contribution in [0.4, 0.5) is 5.69 Å². The minimum Gasteiger partial charge on any atom is -0.326 e. The third kappa shape index (κ3) is 3.57. The molecule has 0 saturated heterocycles. The van der Waals surface area contributed by atoms with Gasteiger partial charge in [-0.2, -0.15) is 0 Å². The van der Waals surface area contributed by atoms with Crippen LogP contribution in [0.3, 0.4) is 0 Å². The molecule has 0 aliphatic heterocycles. The summed E-state index contributed by atoms with van der Waals surface area (Å²) in [7, 11) is 0. The SMILES string of the molecule is Cc1cccc(NC(=O)[C@]2(C)CCCC3(C)C4=C(CCC32)CC(C(C)C)CC4)c1. The Kier molecular flexibility index (Phi) is 5.42. The molecule has 0 spiro atoms. The number of carbonyl (C=O) groups excluding carboxylic acids is 1. The zero-order valence-electron chi connectivity index (χ0n) is 19.1. The Morgan fingerprint density at radius 1 is 1.14 bits per heavy atom. The summed E-state index contributed by atoms with van der Waals surface area (Å²) >= 11 is 0. The van der Waals surface area contributed by atoms with Crippen molar-refractivity contribution >= 4 is 11.6 Å². The van der Waals surface area contributed by atoms with Gasteiger partial charge in [0.25, 0.3) is 0 Å². The average molecular weight is 394 g/mol. The minimum atomic E-state index is -0.274. The third-order valence-electron chi connectivity index (χ3n) is 8.79. The summed E-state index contributed by atoms with van der Waals surface area (Å²) in [4.78, 5) is 13.6. The molecule has 29 heavy (non-hydrogen) atoms. The maximum absolute atomic E-state index is 13.6. The molecule has 1 N–H and O–H groups in total. The fraction of sp³-hybridized carbons (Fsp3) is 0.667. The fourth-order valence-electron chi connectivity index (χ4n) is 7.02. The maximum atomic E-state index is 13.6. The first-order chi connectivity index (χ1) is 13.7. The normalized spacial score (nSPS) is 34.6. The van der Waals surface area contributed by atoms with Crippen LogP contribution in [0.25, 0.3) is 0 Å². The Morgan fingerprint density at radius 3 is 2.66 bits per heavy atom. The van der Waals surface area contributed by atoms with E-state index >= 15 is 0 Å². The van der Waals surface area contributed by atoms with Crippen LogP contribution < -0.4 is 5.32 Å². The number of rotatable bonds is 3. The van der Waals surface area contributed by atoms with E-state index in [1.165, 1.54) is 44.1 Å². The first-order valence-corrected chi connectivity index (χ1v) is 11.8. The third-order valence-corrected chi connectivity index (χ3v) is 8.79. The summed E-state index contributed by atoms with van der Waals surface area (Å²) in [5, 5.41) is 3.28. The topological polar surface area (TPSA) is 29.1 Å². The highest BCUT2D eigenvalue weighted by molar-refractivity contribution is 5.95. The van der Waals surface area contributed by atoms with Crippen molar-refractivity contribution in [2.24, 2.45) is 28.6 Å². The molecule has 2 nitrogen and oxygen atoms in total. The second kappa shape index (κ2) is 7.60. The number of aryl methyl sites for hydroxylation is 1. The van der Waals surface area contributed by atoms with Crippen molar-refractivity contribution in [3.05, 3.63) is 41.0 Å². The van der Waals surface area contributed by atoms with Crippen LogP contribution >= 0.6 is 0 Å². The van der Waals surface area contributed by atoms with Crippen LogP contribution in [-0.4, -0.2) is 5.91 Å². The molecular formula is C27H39NO. The van der Waals surface area contributed by atoms with Gasteiger partial charge in [-0.25, -0.2) is 0 Å². The van der Waals surface area contributed by atoms with Crippen molar-refractivity contribution in [1.82, 2.24) is 0 Å². The van der Waals surface area contributed by atoms with Gasteiger partial charge < -0.3 is 5.32 Å². The minimum absolute atomic E-state index is 0.215. The van der Waals surface area contributed by atoms with Gasteiger partial charge in [0.05, 0.1) is 5.41 Å². The van der Waals surface area contributed by atoms with Gasteiger partial charge in [0, 0.05) is 5.69 Å². The second-order valence-corrected chi connectivity index (χ2v) is 10.9. The Morgan fingerprint density at radius 2 is 1.93 bits per heavy atom. The molecule has 3 unspecified atom stereocenters. The van der Waals surface area contributed by atoms with Crippen molar-refractivity contribution < 1.29 is 4.79 Å². The molecule has 2 heteroatoms. The lowest BCUT2D eigenvalue weighted by molar-refractivity contribution is -0.135. The molecule has 3 aliphatic carbocycles. The average Bonchev–Trinajstić information content (AvgIpc) is 2.67. The van der Waals surface area contributed by atoms with Crippen LogP contribution in [0.1, 0.15) is 84.6 Å². The molecule has 0 aromatic heterocycles. The number of benzene rings is 1. The number of amides is 1. The zero-order valence-corrected chi connectivity index (χ0v) is 19.1. The summed E-state index contributed by atoms with van der Waals surface area (Å²) < 4.78 is 0. The molecule has 1 fully saturated rings. The summed E-state index contributed by atoms with van der Waals surface area (Å²) in [6.07, 6.45) is 9.74. The highest BCUT2D eigenvalue weighted by atomic mass is 16.2. The van der Waals surface area contributed by atoms with E-state index in [0.717, 1.165) is 30.4 Å². The highest BCUT2D eigenvalue weighted by Crippen LogP contribution is 2.62. The molecule has 0 bridgehead atoms. The van der Waals surface area contributed by atoms with Gasteiger partial charge in [-0.05, 0) is 92.7 Å². The van der Waals surface area contributed by atoms with Crippen molar-refractivity contribution in [1.29, 1.82) is 0 Å². The molecule has 4 rings (SSSR count). The Balaban J connectivity index is 1.61. The molecule has 1 aromatic rings. The van der Waals surface area contributed by atoms with Crippen molar-refractivity contribution in [2.45, 2.75) is 86.0 Å². The van der Waals surface area contributed by atoms with Gasteiger partial charge in [0.15, 0.2) is 0 Å². The van der Waals surface area contributed by atoms with Crippen molar-refractivity contribution in [3.8, 4) is 0 Å². The van der Waals surface area contributed by atoms with E-state index in [9.17, 15) is 4.79 Å². The van der Waals surface area contributed by atoms with Crippen molar-refractivity contribution in [3.63, 3.8) is 0 Å². The Hall–Kier alpha value is -1.57. The van der Waals surface area contributed by atoms with Gasteiger partial charge in [0.1, 0.15) is 0 Å². The number of fused-ring (bicyclic) bond motifs is 2. The lowest BCUT2D eigenvalue weighted by Gasteiger charge is -2.56. The number of hydrogen-bond donors (Lipinski definition) is 1. The van der Waals surface area contributed by atoms with Crippen LogP contribution in [0.2, 0.25) is 0 Å². The molecule has 1 saturated carbocycles. The Labute approximate surface area is 177 Å². The predicted molar refractivity (Wildman–Crippen MR) is 122 cm³/mol. The number of hydrogen-bond acceptors (Lipinski definition) is 1. The summed E-state index contributed by atoms with van der Waals surface area (Å²) in [6, 6.07) is 8.21. The summed E-state index contributed by atoms with van der Waals surface area (Å²) in [5.41, 5.74) is 5.58. The molecule has 158 valence electrons. The van der Waals surface area contributed by atoms with Gasteiger partial charge in [-0.3, -0.25) is 4.79 Å². The van der Waals surface area contributed by atoms with Crippen molar-refractivity contribution in [2.75, 3.05) is 5.32 Å². The van der Waals surface area contributed by atoms with Gasteiger partial charge in [0.2, 0.25) is 5.91 Å². The fourth-order valence-corrected chi connectivity index (χ4v) is 7.02. The smallest absolute Gasteiger partial charge is 0.230 e. The highest BCUT2D eigenvalue weighted by Gasteiger charge is 2.55. The maximum Gasteiger partial charge on any atom is 0.230 e. The lowest BCUT2D eigenvalue weighted by atomic mass is 9.48. The predicted octanol–water partition coefficient (Wildman–Crippen LogP) is 7.29. The van der Waals surface area contributed by atoms with E-state index in [-0.39, 0.29) is 16.7 Å². The number of allylic oxidation sites excluding steroid dienone is 2. The molecule has 0 heterocycles. The zero-order chi connectivity index (χ0) is 20.8. The number of anilines is 1. The number of nitrogens with one attached hydrogen (secondary N) is 1. The first-order valence-electron chi connectivity index (χ1n) is 11.8. The van der Waals surface area contributed by atoms with E-state index in [1.54, 1.807) is 11.1 Å². The molecule has 0 radical (unpaired) electrons. The van der Waals surface area contributed by atoms with Crippen LogP contribution in [0.5, 0.6) is 0 Å². The first kappa shape index (κ1) is 20.7. The van der Waals surface area contributed by atoms with E-state index in [0.29, 0.717) is 5.92 Å². The largest absolute Gasteiger partial charge is 0.326 e. The second-order valence-electron chi connectivity index (χ2n) is 10.9. The molecular weight excluding hydrogens is 354 g/mol.